The molecule has 1 fully saturated rings. The summed E-state index contributed by atoms with van der Waals surface area (Å²) in [5.41, 5.74) is 5.25. The van der Waals surface area contributed by atoms with Crippen molar-refractivity contribution in [1.29, 1.82) is 0 Å². The van der Waals surface area contributed by atoms with E-state index in [2.05, 4.69) is 0 Å². The molecule has 1 aromatic carbocycles. The molecule has 1 heterocycles. The Morgan fingerprint density at radius 3 is 2.95 bits per heavy atom. The topological polar surface area (TPSA) is 98.7 Å². The Hall–Kier alpha value is -1.86. The minimum absolute atomic E-state index is 0.00820. The Morgan fingerprint density at radius 2 is 2.33 bits per heavy atom. The molecule has 0 saturated carbocycles. The van der Waals surface area contributed by atoms with E-state index in [9.17, 15) is 14.9 Å². The zero-order chi connectivity index (χ0) is 15.6. The van der Waals surface area contributed by atoms with Crippen LogP contribution < -0.4 is 5.73 Å². The van der Waals surface area contributed by atoms with Gasteiger partial charge in [0.15, 0.2) is 0 Å². The van der Waals surface area contributed by atoms with Crippen LogP contribution in [0, 0.1) is 10.1 Å². The smallest absolute Gasteiger partial charge is 0.294 e. The Labute approximate surface area is 126 Å². The fraction of sp³-hybridized carbons (Fsp3) is 0.462. The second-order valence-corrected chi connectivity index (χ2v) is 5.19. The molecular weight excluding hydrogens is 298 g/mol. The van der Waals surface area contributed by atoms with Crippen molar-refractivity contribution < 1.29 is 14.5 Å². The molecule has 7 nitrogen and oxygen atoms in total. The number of amides is 1. The molecular formula is C13H16ClN3O4. The van der Waals surface area contributed by atoms with Crippen molar-refractivity contribution in [2.24, 2.45) is 0 Å². The first-order valence-corrected chi connectivity index (χ1v) is 6.95. The van der Waals surface area contributed by atoms with Gasteiger partial charge in [-0.05, 0) is 12.5 Å². The van der Waals surface area contributed by atoms with Crippen molar-refractivity contribution >= 4 is 28.9 Å². The van der Waals surface area contributed by atoms with Crippen molar-refractivity contribution in [3.8, 4) is 0 Å². The van der Waals surface area contributed by atoms with E-state index in [4.69, 9.17) is 22.1 Å². The zero-order valence-corrected chi connectivity index (χ0v) is 12.3. The quantitative estimate of drug-likeness (QED) is 0.523. The average molecular weight is 314 g/mol. The van der Waals surface area contributed by atoms with Gasteiger partial charge in [0.2, 0.25) is 0 Å². The first-order valence-electron chi connectivity index (χ1n) is 6.57. The summed E-state index contributed by atoms with van der Waals surface area (Å²) in [6, 6.07) is 2.50. The maximum atomic E-state index is 12.6. The van der Waals surface area contributed by atoms with Crippen molar-refractivity contribution in [1.82, 2.24) is 4.90 Å². The Morgan fingerprint density at radius 1 is 1.62 bits per heavy atom. The first kappa shape index (κ1) is 15.5. The number of hydrogen-bond donors (Lipinski definition) is 1. The molecule has 1 amide bonds. The van der Waals surface area contributed by atoms with Crippen molar-refractivity contribution in [3.05, 3.63) is 32.8 Å². The normalized spacial score (nSPS) is 18.6. The summed E-state index contributed by atoms with van der Waals surface area (Å²) in [6.45, 7) is 3.32. The molecule has 8 heteroatoms. The summed E-state index contributed by atoms with van der Waals surface area (Å²) in [7, 11) is 0. The van der Waals surface area contributed by atoms with E-state index < -0.39 is 4.92 Å². The van der Waals surface area contributed by atoms with Gasteiger partial charge in [-0.25, -0.2) is 0 Å². The lowest BCUT2D eigenvalue weighted by molar-refractivity contribution is -0.383. The Balaban J connectivity index is 2.36. The molecule has 0 aliphatic carbocycles. The predicted octanol–water partition coefficient (Wildman–Crippen LogP) is 2.08. The Bertz CT molecular complexity index is 579. The van der Waals surface area contributed by atoms with Gasteiger partial charge >= 0.3 is 0 Å². The van der Waals surface area contributed by atoms with Crippen LogP contribution in [0.5, 0.6) is 0 Å². The number of morpholine rings is 1. The fourth-order valence-electron chi connectivity index (χ4n) is 2.30. The summed E-state index contributed by atoms with van der Waals surface area (Å²) in [5.74, 6) is -0.296. The molecule has 1 atom stereocenters. The molecule has 1 aliphatic rings. The number of ether oxygens (including phenoxy) is 1. The number of rotatable bonds is 3. The van der Waals surface area contributed by atoms with Crippen LogP contribution in [0.1, 0.15) is 23.7 Å². The summed E-state index contributed by atoms with van der Waals surface area (Å²) in [6.07, 6.45) is 0.747. The highest BCUT2D eigenvalue weighted by Crippen LogP contribution is 2.31. The van der Waals surface area contributed by atoms with Crippen molar-refractivity contribution in [2.75, 3.05) is 25.5 Å². The molecule has 1 aromatic rings. The number of anilines is 1. The molecule has 1 aliphatic heterocycles. The molecule has 2 rings (SSSR count). The van der Waals surface area contributed by atoms with Gasteiger partial charge in [-0.2, -0.15) is 0 Å². The lowest BCUT2D eigenvalue weighted by Gasteiger charge is -2.35. The third kappa shape index (κ3) is 3.08. The highest BCUT2D eigenvalue weighted by Gasteiger charge is 2.29. The van der Waals surface area contributed by atoms with Crippen LogP contribution in [0.2, 0.25) is 5.02 Å². The number of nitrogen functional groups attached to an aromatic ring is 1. The molecule has 114 valence electrons. The van der Waals surface area contributed by atoms with E-state index in [0.29, 0.717) is 19.8 Å². The summed E-state index contributed by atoms with van der Waals surface area (Å²) in [5, 5.41) is 11.0. The second-order valence-electron chi connectivity index (χ2n) is 4.78. The number of carbonyl (C=O) groups excluding carboxylic acids is 1. The number of halogens is 1. The predicted molar refractivity (Wildman–Crippen MR) is 78.5 cm³/mol. The molecule has 21 heavy (non-hydrogen) atoms. The Kier molecular flexibility index (Phi) is 4.64. The highest BCUT2D eigenvalue weighted by atomic mass is 35.5. The van der Waals surface area contributed by atoms with E-state index in [1.165, 1.54) is 12.1 Å². The van der Waals surface area contributed by atoms with E-state index in [0.717, 1.165) is 6.42 Å². The van der Waals surface area contributed by atoms with E-state index in [1.54, 1.807) is 4.90 Å². The maximum Gasteiger partial charge on any atom is 0.294 e. The number of nitro groups is 1. The largest absolute Gasteiger partial charge is 0.392 e. The van der Waals surface area contributed by atoms with Gasteiger partial charge in [-0.15, -0.1) is 0 Å². The number of nitrogens with zero attached hydrogens (tertiary/aromatic N) is 2. The zero-order valence-electron chi connectivity index (χ0n) is 11.5. The van der Waals surface area contributed by atoms with Gasteiger partial charge in [0.25, 0.3) is 11.6 Å². The van der Waals surface area contributed by atoms with Crippen LogP contribution in [0.15, 0.2) is 12.1 Å². The molecule has 1 unspecified atom stereocenters. The number of nitro benzene ring substituents is 1. The van der Waals surface area contributed by atoms with Crippen LogP contribution in [0.25, 0.3) is 0 Å². The van der Waals surface area contributed by atoms with Crippen LogP contribution >= 0.6 is 11.6 Å². The standard InChI is InChI=1S/C13H16ClN3O4/c1-2-9-7-21-4-3-16(9)13(18)8-5-10(14)12(15)11(6-8)17(19)20/h5-6,9H,2-4,7,15H2,1H3. The number of carbonyl (C=O) groups is 1. The SMILES string of the molecule is CCC1COCCN1C(=O)c1cc(Cl)c(N)c([N+](=O)[O-])c1. The van der Waals surface area contributed by atoms with Crippen molar-refractivity contribution in [2.45, 2.75) is 19.4 Å². The van der Waals surface area contributed by atoms with Crippen LogP contribution in [0.3, 0.4) is 0 Å². The van der Waals surface area contributed by atoms with Gasteiger partial charge in [0.05, 0.1) is 29.2 Å². The molecule has 1 saturated heterocycles. The molecule has 0 aromatic heterocycles. The minimum Gasteiger partial charge on any atom is -0.392 e. The van der Waals surface area contributed by atoms with Crippen molar-refractivity contribution in [3.63, 3.8) is 0 Å². The minimum atomic E-state index is -0.644. The van der Waals surface area contributed by atoms with E-state index in [1.807, 2.05) is 6.92 Å². The molecule has 2 N–H and O–H groups in total. The first-order chi connectivity index (χ1) is 9.95. The van der Waals surface area contributed by atoms with E-state index >= 15 is 0 Å². The summed E-state index contributed by atoms with van der Waals surface area (Å²) in [4.78, 5) is 24.5. The van der Waals surface area contributed by atoms with E-state index in [-0.39, 0.29) is 33.9 Å². The van der Waals surface area contributed by atoms with Crippen LogP contribution in [0.4, 0.5) is 11.4 Å². The molecule has 0 spiro atoms. The summed E-state index contributed by atoms with van der Waals surface area (Å²) < 4.78 is 5.35. The number of nitrogens with two attached hydrogens (primary N) is 1. The lowest BCUT2D eigenvalue weighted by atomic mass is 10.1. The van der Waals surface area contributed by atoms with Gasteiger partial charge in [0.1, 0.15) is 5.69 Å². The molecule has 0 bridgehead atoms. The third-order valence-corrected chi connectivity index (χ3v) is 3.82. The van der Waals surface area contributed by atoms with Gasteiger partial charge < -0.3 is 15.4 Å². The monoisotopic (exact) mass is 313 g/mol. The summed E-state index contributed by atoms with van der Waals surface area (Å²) >= 11 is 5.89. The lowest BCUT2D eigenvalue weighted by Crippen LogP contribution is -2.48. The van der Waals surface area contributed by atoms with Gasteiger partial charge in [-0.3, -0.25) is 14.9 Å². The number of hydrogen-bond acceptors (Lipinski definition) is 5. The van der Waals surface area contributed by atoms with Crippen LogP contribution in [-0.4, -0.2) is 41.5 Å². The van der Waals surface area contributed by atoms with Gasteiger partial charge in [0, 0.05) is 18.2 Å². The second kappa shape index (κ2) is 6.28. The number of benzene rings is 1. The fourth-order valence-corrected chi connectivity index (χ4v) is 2.52. The average Bonchev–Trinajstić information content (AvgIpc) is 2.48. The molecule has 0 radical (unpaired) electrons. The van der Waals surface area contributed by atoms with Crippen LogP contribution in [-0.2, 0) is 4.74 Å². The highest BCUT2D eigenvalue weighted by molar-refractivity contribution is 6.34. The third-order valence-electron chi connectivity index (χ3n) is 3.51. The maximum absolute atomic E-state index is 12.6. The van der Waals surface area contributed by atoms with Gasteiger partial charge in [-0.1, -0.05) is 18.5 Å².